The molecule has 8 heteroatoms. The minimum absolute atomic E-state index is 0.0840. The Hall–Kier alpha value is 1.29. The molecule has 3 atom stereocenters. The Labute approximate surface area is 279 Å². The Morgan fingerprint density at radius 1 is 0.605 bits per heavy atom. The molecule has 0 aromatic rings. The standard InChI is InChI=1S/C23H52NO3Si3.3C4H9.Sn/c1-21(2,3)28(10,11)25-17-18-20(27-30(14,15)23(7,8)9)19(16-24-18)26-29(12,13)22(4,5)6;3*1-3-4-2;/h18-20H,16-17H2,1-15H3;3*1,3-4H2,2H3;/q-1;;;;+1/t18-,19+,20-;;;;/m0..../s1. The molecule has 0 spiro atoms. The van der Waals surface area contributed by atoms with Crippen molar-refractivity contribution in [2.75, 3.05) is 13.2 Å². The number of unbranched alkanes of at least 4 members (excludes halogenated alkanes) is 3. The van der Waals surface area contributed by atoms with Crippen molar-refractivity contribution in [2.45, 2.75) is 208 Å². The van der Waals surface area contributed by atoms with Crippen molar-refractivity contribution in [1.29, 1.82) is 0 Å². The molecule has 0 N–H and O–H groups in total. The molecule has 0 radical (unpaired) electrons. The van der Waals surface area contributed by atoms with Gasteiger partial charge in [0.1, 0.15) is 0 Å². The predicted octanol–water partition coefficient (Wildman–Crippen LogP) is 11.8. The Morgan fingerprint density at radius 3 is 1.33 bits per heavy atom. The summed E-state index contributed by atoms with van der Waals surface area (Å²) >= 11 is -2.83. The molecule has 1 fully saturated rings. The zero-order chi connectivity index (χ0) is 33.7. The Kier molecular flexibility index (Phi) is 15.9. The van der Waals surface area contributed by atoms with Gasteiger partial charge >= 0.3 is 281 Å². The van der Waals surface area contributed by atoms with E-state index in [9.17, 15) is 0 Å². The van der Waals surface area contributed by atoms with Crippen molar-refractivity contribution in [1.82, 2.24) is 3.12 Å². The van der Waals surface area contributed by atoms with Crippen LogP contribution in [0.3, 0.4) is 0 Å². The molecule has 0 aromatic heterocycles. The van der Waals surface area contributed by atoms with Crippen molar-refractivity contribution in [3.63, 3.8) is 0 Å². The summed E-state index contributed by atoms with van der Waals surface area (Å²) in [6.07, 6.45) is 8.22. The topological polar surface area (TPSA) is 30.9 Å². The van der Waals surface area contributed by atoms with Crippen molar-refractivity contribution in [3.05, 3.63) is 0 Å². The van der Waals surface area contributed by atoms with Crippen LogP contribution in [0.25, 0.3) is 0 Å². The molecule has 0 bridgehead atoms. The maximum absolute atomic E-state index is 7.60. The number of nitrogens with zero attached hydrogens (tertiary/aromatic N) is 1. The molecule has 1 heterocycles. The summed E-state index contributed by atoms with van der Waals surface area (Å²) in [6, 6.07) is 0.305. The van der Waals surface area contributed by atoms with Crippen LogP contribution < -0.4 is 0 Å². The van der Waals surface area contributed by atoms with Crippen molar-refractivity contribution < 1.29 is 13.3 Å². The summed E-state index contributed by atoms with van der Waals surface area (Å²) in [6.45, 7) is 45.2. The van der Waals surface area contributed by atoms with E-state index in [1.807, 2.05) is 0 Å². The predicted molar refractivity (Wildman–Crippen MR) is 203 cm³/mol. The molecule has 1 saturated heterocycles. The summed E-state index contributed by atoms with van der Waals surface area (Å²) in [7, 11) is -6.02. The van der Waals surface area contributed by atoms with Gasteiger partial charge in [0, 0.05) is 0 Å². The molecule has 0 aliphatic carbocycles. The molecule has 258 valence electrons. The van der Waals surface area contributed by atoms with Crippen LogP contribution in [0, 0.1) is 0 Å². The third-order valence-corrected chi connectivity index (χ3v) is 41.4. The fourth-order valence-corrected chi connectivity index (χ4v) is 27.0. The molecule has 1 aliphatic rings. The van der Waals surface area contributed by atoms with Gasteiger partial charge in [0.25, 0.3) is 0 Å². The summed E-state index contributed by atoms with van der Waals surface area (Å²) in [4.78, 5) is 0. The van der Waals surface area contributed by atoms with Gasteiger partial charge in [-0.15, -0.1) is 0 Å². The molecular weight excluding hydrogens is 685 g/mol. The van der Waals surface area contributed by atoms with Crippen molar-refractivity contribution in [3.8, 4) is 0 Å². The second kappa shape index (κ2) is 16.1. The van der Waals surface area contributed by atoms with E-state index in [0.29, 0.717) is 6.04 Å². The van der Waals surface area contributed by atoms with Gasteiger partial charge in [0.15, 0.2) is 0 Å². The zero-order valence-electron chi connectivity index (χ0n) is 32.7. The van der Waals surface area contributed by atoms with Gasteiger partial charge < -0.3 is 0 Å². The fraction of sp³-hybridized carbons (Fsp3) is 1.00. The van der Waals surface area contributed by atoms with Crippen LogP contribution in [0.5, 0.6) is 0 Å². The molecule has 4 nitrogen and oxygen atoms in total. The first-order chi connectivity index (χ1) is 19.3. The van der Waals surface area contributed by atoms with E-state index in [0.717, 1.165) is 13.2 Å². The molecular formula is C35H79NO3Si3Sn. The van der Waals surface area contributed by atoms with Crippen molar-refractivity contribution >= 4 is 43.6 Å². The third-order valence-electron chi connectivity index (χ3n) is 12.0. The average molecular weight is 765 g/mol. The molecule has 1 rings (SSSR count). The molecule has 0 unspecified atom stereocenters. The molecule has 0 saturated carbocycles. The Bertz CT molecular complexity index is 808. The molecule has 43 heavy (non-hydrogen) atoms. The van der Waals surface area contributed by atoms with Gasteiger partial charge in [0.05, 0.1) is 0 Å². The van der Waals surface area contributed by atoms with E-state index in [-0.39, 0.29) is 27.3 Å². The summed E-state index contributed by atoms with van der Waals surface area (Å²) < 4.78 is 29.9. The summed E-state index contributed by atoms with van der Waals surface area (Å²) in [5, 5.41) is 0.512. The van der Waals surface area contributed by atoms with E-state index in [1.54, 1.807) is 0 Å². The van der Waals surface area contributed by atoms with Gasteiger partial charge in [-0.1, -0.05) is 0 Å². The van der Waals surface area contributed by atoms with E-state index >= 15 is 0 Å². The Morgan fingerprint density at radius 2 is 0.977 bits per heavy atom. The van der Waals surface area contributed by atoms with Gasteiger partial charge in [-0.2, -0.15) is 0 Å². The fourth-order valence-electron chi connectivity index (χ4n) is 5.75. The molecule has 0 amide bonds. The van der Waals surface area contributed by atoms with Crippen LogP contribution >= 0.6 is 0 Å². The number of hydrogen-bond donors (Lipinski definition) is 0. The van der Waals surface area contributed by atoms with Crippen LogP contribution in [-0.4, -0.2) is 78.1 Å². The molecule has 0 aromatic carbocycles. The van der Waals surface area contributed by atoms with Gasteiger partial charge in [-0.25, -0.2) is 0 Å². The van der Waals surface area contributed by atoms with Gasteiger partial charge in [0.2, 0.25) is 0 Å². The van der Waals surface area contributed by atoms with Crippen LogP contribution in [0.1, 0.15) is 122 Å². The average Bonchev–Trinajstić information content (AvgIpc) is 3.16. The van der Waals surface area contributed by atoms with E-state index in [4.69, 9.17) is 13.3 Å². The number of rotatable bonds is 17. The number of hydrogen-bond acceptors (Lipinski definition) is 4. The maximum atomic E-state index is 7.60. The SMILES string of the molecule is CCC[CH2][Sn]([CH2]CCC)([CH2]CCC)[N]1C[C@@H](O[Si](C)(C)C(C)(C)C)[C@@H](O[Si](C)(C)C(C)(C)C)[C@@H]1CO[Si](C)(C)C(C)(C)C. The monoisotopic (exact) mass is 765 g/mol. The first kappa shape index (κ1) is 42.3. The van der Waals surface area contributed by atoms with Gasteiger partial charge in [-0.05, 0) is 0 Å². The first-order valence-electron chi connectivity index (χ1n) is 18.1. The van der Waals surface area contributed by atoms with Crippen LogP contribution in [0.15, 0.2) is 0 Å². The quantitative estimate of drug-likeness (QED) is 0.138. The molecule has 1 aliphatic heterocycles. The zero-order valence-corrected chi connectivity index (χ0v) is 38.5. The Balaban J connectivity index is 3.90. The normalized spacial score (nSPS) is 22.0. The third kappa shape index (κ3) is 11.2. The van der Waals surface area contributed by atoms with Crippen LogP contribution in [0.4, 0.5) is 0 Å². The van der Waals surface area contributed by atoms with E-state index in [1.165, 1.54) is 51.8 Å². The van der Waals surface area contributed by atoms with E-state index < -0.39 is 43.6 Å². The first-order valence-corrected chi connectivity index (χ1v) is 34.1. The second-order valence-corrected chi connectivity index (χ2v) is 45.8. The van der Waals surface area contributed by atoms with Gasteiger partial charge in [-0.3, -0.25) is 0 Å². The van der Waals surface area contributed by atoms with Crippen LogP contribution in [0.2, 0.25) is 67.7 Å². The second-order valence-electron chi connectivity index (χ2n) is 18.6. The summed E-state index contributed by atoms with van der Waals surface area (Å²) in [5.74, 6) is 0. The van der Waals surface area contributed by atoms with Crippen LogP contribution in [-0.2, 0) is 13.3 Å². The van der Waals surface area contributed by atoms with Crippen molar-refractivity contribution in [2.24, 2.45) is 0 Å². The minimum atomic E-state index is -2.83. The summed E-state index contributed by atoms with van der Waals surface area (Å²) in [5.41, 5.74) is 0. The van der Waals surface area contributed by atoms with E-state index in [2.05, 4.69) is 125 Å².